The van der Waals surface area contributed by atoms with Gasteiger partial charge in [-0.2, -0.15) is 5.10 Å². The Kier molecular flexibility index (Phi) is 4.26. The molecule has 3 aromatic rings. The lowest BCUT2D eigenvalue weighted by atomic mass is 10.2. The number of rotatable bonds is 5. The number of ether oxygens (including phenoxy) is 1. The van der Waals surface area contributed by atoms with Gasteiger partial charge in [-0.05, 0) is 23.8 Å². The predicted octanol–water partition coefficient (Wildman–Crippen LogP) is 3.36. The summed E-state index contributed by atoms with van der Waals surface area (Å²) in [4.78, 5) is 8.17. The van der Waals surface area contributed by atoms with E-state index in [9.17, 15) is 0 Å². The van der Waals surface area contributed by atoms with Crippen LogP contribution >= 0.6 is 11.3 Å². The first kappa shape index (κ1) is 14.0. The molecule has 0 unspecified atom stereocenters. The van der Waals surface area contributed by atoms with Crippen LogP contribution in [-0.4, -0.2) is 16.2 Å². The summed E-state index contributed by atoms with van der Waals surface area (Å²) < 4.78 is 5.67. The molecule has 110 valence electrons. The highest BCUT2D eigenvalue weighted by Gasteiger charge is 1.99. The smallest absolute Gasteiger partial charge is 0.219 e. The van der Waals surface area contributed by atoms with Crippen molar-refractivity contribution in [2.24, 2.45) is 5.10 Å². The average Bonchev–Trinajstić information content (AvgIpc) is 2.94. The number of nitrogens with two attached hydrogens (primary N) is 1. The number of pyridine rings is 1. The first-order valence-corrected chi connectivity index (χ1v) is 7.36. The molecule has 0 aliphatic heterocycles. The first-order chi connectivity index (χ1) is 10.8. The van der Waals surface area contributed by atoms with E-state index in [1.807, 2.05) is 36.4 Å². The van der Waals surface area contributed by atoms with Crippen molar-refractivity contribution in [1.82, 2.24) is 9.97 Å². The Bertz CT molecular complexity index is 772. The summed E-state index contributed by atoms with van der Waals surface area (Å²) in [7, 11) is 0. The average molecular weight is 311 g/mol. The normalized spacial score (nSPS) is 10.7. The Hall–Kier alpha value is -2.93. The summed E-state index contributed by atoms with van der Waals surface area (Å²) in [6.07, 6.45) is 3.37. The number of nitrogens with zero attached hydrogens (tertiary/aromatic N) is 3. The van der Waals surface area contributed by atoms with Gasteiger partial charge in [0.1, 0.15) is 11.6 Å². The zero-order valence-corrected chi connectivity index (χ0v) is 12.3. The molecule has 3 N–H and O–H groups in total. The molecule has 0 bridgehead atoms. The summed E-state index contributed by atoms with van der Waals surface area (Å²) in [5.41, 5.74) is 9.26. The molecule has 0 fully saturated rings. The van der Waals surface area contributed by atoms with E-state index in [0.29, 0.717) is 22.6 Å². The van der Waals surface area contributed by atoms with Crippen molar-refractivity contribution in [3.05, 3.63) is 59.6 Å². The molecule has 6 nitrogen and oxygen atoms in total. The predicted molar refractivity (Wildman–Crippen MR) is 88.5 cm³/mol. The number of hydrogen-bond acceptors (Lipinski definition) is 7. The molecule has 0 saturated carbocycles. The van der Waals surface area contributed by atoms with Crippen LogP contribution in [0.15, 0.2) is 59.1 Å². The van der Waals surface area contributed by atoms with Crippen LogP contribution in [0.2, 0.25) is 0 Å². The molecular formula is C15H13N5OS. The number of nitrogen functional groups attached to an aromatic ring is 1. The minimum absolute atomic E-state index is 0.480. The lowest BCUT2D eigenvalue weighted by Gasteiger charge is -2.04. The van der Waals surface area contributed by atoms with Crippen molar-refractivity contribution < 1.29 is 4.74 Å². The molecule has 0 aliphatic carbocycles. The van der Waals surface area contributed by atoms with Crippen LogP contribution in [0.3, 0.4) is 0 Å². The van der Waals surface area contributed by atoms with E-state index < -0.39 is 0 Å². The lowest BCUT2D eigenvalue weighted by Crippen LogP contribution is -1.92. The van der Waals surface area contributed by atoms with Crippen molar-refractivity contribution >= 4 is 28.5 Å². The highest BCUT2D eigenvalue weighted by Crippen LogP contribution is 2.19. The number of anilines is 2. The largest absolute Gasteiger partial charge is 0.439 e. The molecular weight excluding hydrogens is 298 g/mol. The molecule has 0 saturated heterocycles. The standard InChI is InChI=1S/C15H13N5OS/c16-13-10-22-15(19-13)20-18-9-11-4-3-5-12(8-11)21-14-6-1-2-7-17-14/h1-10H,16H2,(H,19,20). The number of aromatic nitrogens is 2. The van der Waals surface area contributed by atoms with Gasteiger partial charge < -0.3 is 10.5 Å². The Morgan fingerprint density at radius 1 is 1.23 bits per heavy atom. The Morgan fingerprint density at radius 2 is 2.18 bits per heavy atom. The quantitative estimate of drug-likeness (QED) is 0.557. The van der Waals surface area contributed by atoms with E-state index in [0.717, 1.165) is 5.56 Å². The molecule has 3 rings (SSSR count). The van der Waals surface area contributed by atoms with Crippen molar-refractivity contribution in [3.63, 3.8) is 0 Å². The van der Waals surface area contributed by atoms with E-state index in [1.165, 1.54) is 11.3 Å². The molecule has 0 atom stereocenters. The molecule has 1 aromatic carbocycles. The minimum Gasteiger partial charge on any atom is -0.439 e. The monoisotopic (exact) mass is 311 g/mol. The zero-order valence-electron chi connectivity index (χ0n) is 11.5. The van der Waals surface area contributed by atoms with Crippen LogP contribution in [0.1, 0.15) is 5.56 Å². The molecule has 7 heteroatoms. The summed E-state index contributed by atoms with van der Waals surface area (Å²) in [5.74, 6) is 1.72. The van der Waals surface area contributed by atoms with Crippen LogP contribution in [0.4, 0.5) is 10.9 Å². The maximum absolute atomic E-state index is 5.67. The van der Waals surface area contributed by atoms with E-state index >= 15 is 0 Å². The summed E-state index contributed by atoms with van der Waals surface area (Å²) in [6.45, 7) is 0. The van der Waals surface area contributed by atoms with Crippen LogP contribution in [0.25, 0.3) is 0 Å². The van der Waals surface area contributed by atoms with Gasteiger partial charge in [-0.1, -0.05) is 18.2 Å². The maximum Gasteiger partial charge on any atom is 0.219 e. The fraction of sp³-hybridized carbons (Fsp3) is 0. The molecule has 0 aliphatic rings. The fourth-order valence-electron chi connectivity index (χ4n) is 1.69. The molecule has 0 amide bonds. The van der Waals surface area contributed by atoms with Gasteiger partial charge >= 0.3 is 0 Å². The molecule has 2 heterocycles. The molecule has 22 heavy (non-hydrogen) atoms. The molecule has 0 spiro atoms. The van der Waals surface area contributed by atoms with E-state index in [-0.39, 0.29) is 0 Å². The third-order valence-corrected chi connectivity index (χ3v) is 3.38. The second-order valence-electron chi connectivity index (χ2n) is 4.29. The van der Waals surface area contributed by atoms with Crippen LogP contribution < -0.4 is 15.9 Å². The first-order valence-electron chi connectivity index (χ1n) is 6.48. The van der Waals surface area contributed by atoms with Crippen molar-refractivity contribution in [3.8, 4) is 11.6 Å². The number of nitrogens with one attached hydrogen (secondary N) is 1. The third kappa shape index (κ3) is 3.80. The van der Waals surface area contributed by atoms with Crippen LogP contribution in [-0.2, 0) is 0 Å². The summed E-state index contributed by atoms with van der Waals surface area (Å²) in [5, 5.41) is 6.52. The highest BCUT2D eigenvalue weighted by atomic mass is 32.1. The van der Waals surface area contributed by atoms with Gasteiger partial charge in [-0.3, -0.25) is 5.43 Å². The lowest BCUT2D eigenvalue weighted by molar-refractivity contribution is 0.463. The SMILES string of the molecule is Nc1csc(NN=Cc2cccc(Oc3ccccn3)c2)n1. The number of benzene rings is 1. The van der Waals surface area contributed by atoms with Crippen molar-refractivity contribution in [2.45, 2.75) is 0 Å². The second-order valence-corrected chi connectivity index (χ2v) is 5.15. The molecule has 2 aromatic heterocycles. The van der Waals surface area contributed by atoms with Crippen molar-refractivity contribution in [1.29, 1.82) is 0 Å². The zero-order chi connectivity index (χ0) is 15.2. The van der Waals surface area contributed by atoms with E-state index in [4.69, 9.17) is 10.5 Å². The van der Waals surface area contributed by atoms with Gasteiger partial charge in [0.05, 0.1) is 6.21 Å². The highest BCUT2D eigenvalue weighted by molar-refractivity contribution is 7.14. The van der Waals surface area contributed by atoms with Crippen LogP contribution in [0.5, 0.6) is 11.6 Å². The summed E-state index contributed by atoms with van der Waals surface area (Å²) >= 11 is 1.40. The number of thiazole rings is 1. The van der Waals surface area contributed by atoms with Crippen molar-refractivity contribution in [2.75, 3.05) is 11.2 Å². The topological polar surface area (TPSA) is 85.4 Å². The van der Waals surface area contributed by atoms with Gasteiger partial charge in [0, 0.05) is 17.6 Å². The fourth-order valence-corrected chi connectivity index (χ4v) is 2.23. The van der Waals surface area contributed by atoms with Gasteiger partial charge in [-0.25, -0.2) is 9.97 Å². The maximum atomic E-state index is 5.67. The van der Waals surface area contributed by atoms with E-state index in [1.54, 1.807) is 23.9 Å². The Labute approximate surface area is 131 Å². The molecule has 0 radical (unpaired) electrons. The van der Waals surface area contributed by atoms with Gasteiger partial charge in [0.2, 0.25) is 11.0 Å². The Morgan fingerprint density at radius 3 is 2.95 bits per heavy atom. The van der Waals surface area contributed by atoms with Gasteiger partial charge in [0.15, 0.2) is 0 Å². The minimum atomic E-state index is 0.480. The van der Waals surface area contributed by atoms with Gasteiger partial charge in [-0.15, -0.1) is 11.3 Å². The van der Waals surface area contributed by atoms with E-state index in [2.05, 4.69) is 20.5 Å². The number of hydrogen-bond donors (Lipinski definition) is 2. The second kappa shape index (κ2) is 6.68. The number of hydrazone groups is 1. The van der Waals surface area contributed by atoms with Crippen LogP contribution in [0, 0.1) is 0 Å². The Balaban J connectivity index is 1.66. The summed E-state index contributed by atoms with van der Waals surface area (Å²) in [6, 6.07) is 13.1. The van der Waals surface area contributed by atoms with Gasteiger partial charge in [0.25, 0.3) is 0 Å². The third-order valence-electron chi connectivity index (χ3n) is 2.61.